The van der Waals surface area contributed by atoms with Gasteiger partial charge in [-0.05, 0) is 51.4 Å². The molecule has 0 amide bonds. The quantitative estimate of drug-likeness (QED) is 0.0267. The van der Waals surface area contributed by atoms with E-state index >= 15 is 0 Å². The van der Waals surface area contributed by atoms with Crippen molar-refractivity contribution < 1.29 is 37.6 Å². The van der Waals surface area contributed by atoms with Gasteiger partial charge in [-0.2, -0.15) is 0 Å². The lowest BCUT2D eigenvalue weighted by Crippen LogP contribution is -2.29. The fraction of sp³-hybridized carbons (Fsp3) is 0.787. The van der Waals surface area contributed by atoms with E-state index in [1.807, 2.05) is 0 Å². The van der Waals surface area contributed by atoms with Gasteiger partial charge in [-0.15, -0.1) is 0 Å². The van der Waals surface area contributed by atoms with Gasteiger partial charge in [-0.25, -0.2) is 4.57 Å². The monoisotopic (exact) mass is 824 g/mol. The number of carbonyl (C=O) groups is 2. The van der Waals surface area contributed by atoms with Crippen molar-refractivity contribution in [2.24, 2.45) is 5.73 Å². The van der Waals surface area contributed by atoms with Crippen LogP contribution in [0.1, 0.15) is 206 Å². The van der Waals surface area contributed by atoms with Gasteiger partial charge in [0.1, 0.15) is 6.61 Å². The molecule has 3 N–H and O–H groups in total. The second kappa shape index (κ2) is 43.5. The first-order chi connectivity index (χ1) is 27.8. The highest BCUT2D eigenvalue weighted by Gasteiger charge is 2.26. The average Bonchev–Trinajstić information content (AvgIpc) is 3.20. The van der Waals surface area contributed by atoms with E-state index in [1.54, 1.807) is 0 Å². The van der Waals surface area contributed by atoms with Crippen LogP contribution in [0.3, 0.4) is 0 Å². The maximum Gasteiger partial charge on any atom is 0.472 e. The molecule has 57 heavy (non-hydrogen) atoms. The number of rotatable bonds is 43. The topological polar surface area (TPSA) is 134 Å². The number of phosphoric acid groups is 1. The summed E-state index contributed by atoms with van der Waals surface area (Å²) in [6.45, 7) is 3.65. The van der Waals surface area contributed by atoms with Crippen LogP contribution in [-0.4, -0.2) is 49.3 Å². The van der Waals surface area contributed by atoms with E-state index in [0.29, 0.717) is 6.42 Å². The highest BCUT2D eigenvalue weighted by Crippen LogP contribution is 2.43. The van der Waals surface area contributed by atoms with Crippen LogP contribution in [0.4, 0.5) is 0 Å². The first-order valence-corrected chi connectivity index (χ1v) is 24.6. The molecule has 10 heteroatoms. The van der Waals surface area contributed by atoms with Crippen LogP contribution >= 0.6 is 7.82 Å². The Kier molecular flexibility index (Phi) is 42.0. The Hall–Kier alpha value is -2.03. The van der Waals surface area contributed by atoms with E-state index in [9.17, 15) is 19.0 Å². The molecule has 0 fully saturated rings. The normalized spacial score (nSPS) is 13.7. The van der Waals surface area contributed by atoms with Crippen molar-refractivity contribution in [3.05, 3.63) is 48.6 Å². The first-order valence-electron chi connectivity index (χ1n) is 23.1. The Bertz CT molecular complexity index is 1080. The van der Waals surface area contributed by atoms with Gasteiger partial charge >= 0.3 is 19.8 Å². The molecular formula is C47H86NO8P. The minimum atomic E-state index is -4.39. The van der Waals surface area contributed by atoms with E-state index in [2.05, 4.69) is 62.5 Å². The van der Waals surface area contributed by atoms with Crippen LogP contribution < -0.4 is 5.73 Å². The fourth-order valence-corrected chi connectivity index (χ4v) is 7.04. The molecular weight excluding hydrogens is 737 g/mol. The highest BCUT2D eigenvalue weighted by molar-refractivity contribution is 7.47. The van der Waals surface area contributed by atoms with Crippen molar-refractivity contribution in [2.45, 2.75) is 213 Å². The van der Waals surface area contributed by atoms with Gasteiger partial charge < -0.3 is 20.1 Å². The Labute approximate surface area is 349 Å². The second-order valence-corrected chi connectivity index (χ2v) is 16.7. The maximum atomic E-state index is 12.6. The predicted molar refractivity (Wildman–Crippen MR) is 238 cm³/mol. The molecule has 0 rings (SSSR count). The third kappa shape index (κ3) is 43.4. The van der Waals surface area contributed by atoms with Crippen LogP contribution in [0.2, 0.25) is 0 Å². The zero-order chi connectivity index (χ0) is 41.8. The molecule has 0 aliphatic carbocycles. The number of ether oxygens (including phenoxy) is 2. The van der Waals surface area contributed by atoms with E-state index in [-0.39, 0.29) is 38.6 Å². The molecule has 0 radical (unpaired) electrons. The lowest BCUT2D eigenvalue weighted by molar-refractivity contribution is -0.161. The largest absolute Gasteiger partial charge is 0.472 e. The van der Waals surface area contributed by atoms with Crippen LogP contribution in [-0.2, 0) is 32.7 Å². The Morgan fingerprint density at radius 3 is 1.42 bits per heavy atom. The third-order valence-electron chi connectivity index (χ3n) is 9.70. The van der Waals surface area contributed by atoms with Crippen molar-refractivity contribution in [3.63, 3.8) is 0 Å². The van der Waals surface area contributed by atoms with Gasteiger partial charge in [0.25, 0.3) is 0 Å². The molecule has 0 aliphatic rings. The predicted octanol–water partition coefficient (Wildman–Crippen LogP) is 13.5. The molecule has 332 valence electrons. The zero-order valence-corrected chi connectivity index (χ0v) is 37.5. The molecule has 0 saturated heterocycles. The summed E-state index contributed by atoms with van der Waals surface area (Å²) < 4.78 is 32.8. The van der Waals surface area contributed by atoms with Crippen molar-refractivity contribution >= 4 is 19.8 Å². The number of hydrogen-bond acceptors (Lipinski definition) is 8. The molecule has 0 aromatic rings. The summed E-state index contributed by atoms with van der Waals surface area (Å²) in [4.78, 5) is 34.9. The smallest absolute Gasteiger partial charge is 0.462 e. The minimum Gasteiger partial charge on any atom is -0.462 e. The molecule has 2 atom stereocenters. The Morgan fingerprint density at radius 2 is 0.947 bits per heavy atom. The molecule has 0 heterocycles. The Balaban J connectivity index is 4.14. The van der Waals surface area contributed by atoms with E-state index in [4.69, 9.17) is 24.3 Å². The SMILES string of the molecule is CCC/C=C/C/C=C/C/C=C/C/C=C/CCCCCC(=O)O[C@H](COC(=O)CCCCCCCCCCCCCCCCCCCCC)COP(=O)(O)OCCN. The molecule has 0 aromatic carbocycles. The Morgan fingerprint density at radius 1 is 0.526 bits per heavy atom. The number of esters is 2. The number of allylic oxidation sites excluding steroid dienone is 8. The van der Waals surface area contributed by atoms with Gasteiger partial charge in [-0.1, -0.05) is 191 Å². The van der Waals surface area contributed by atoms with Crippen molar-refractivity contribution in [1.29, 1.82) is 0 Å². The van der Waals surface area contributed by atoms with E-state index in [0.717, 1.165) is 64.2 Å². The molecule has 9 nitrogen and oxygen atoms in total. The van der Waals surface area contributed by atoms with Crippen molar-refractivity contribution in [2.75, 3.05) is 26.4 Å². The summed E-state index contributed by atoms with van der Waals surface area (Å²) in [6.07, 6.45) is 50.0. The maximum absolute atomic E-state index is 12.6. The summed E-state index contributed by atoms with van der Waals surface area (Å²) >= 11 is 0. The van der Waals surface area contributed by atoms with Crippen molar-refractivity contribution in [3.8, 4) is 0 Å². The van der Waals surface area contributed by atoms with Crippen LogP contribution in [0, 0.1) is 0 Å². The summed E-state index contributed by atoms with van der Waals surface area (Å²) in [5.74, 6) is -0.860. The second-order valence-electron chi connectivity index (χ2n) is 15.3. The lowest BCUT2D eigenvalue weighted by Gasteiger charge is -2.19. The first kappa shape index (κ1) is 55.0. The molecule has 0 bridgehead atoms. The zero-order valence-electron chi connectivity index (χ0n) is 36.6. The minimum absolute atomic E-state index is 0.0474. The van der Waals surface area contributed by atoms with Crippen LogP contribution in [0.25, 0.3) is 0 Å². The van der Waals surface area contributed by atoms with Gasteiger partial charge in [-0.3, -0.25) is 18.6 Å². The lowest BCUT2D eigenvalue weighted by atomic mass is 10.0. The van der Waals surface area contributed by atoms with Gasteiger partial charge in [0.2, 0.25) is 0 Å². The summed E-state index contributed by atoms with van der Waals surface area (Å²) in [5.41, 5.74) is 5.35. The van der Waals surface area contributed by atoms with E-state index < -0.39 is 26.5 Å². The number of carbonyl (C=O) groups excluding carboxylic acids is 2. The van der Waals surface area contributed by atoms with Gasteiger partial charge in [0, 0.05) is 19.4 Å². The summed E-state index contributed by atoms with van der Waals surface area (Å²) in [7, 11) is -4.39. The molecule has 0 spiro atoms. The van der Waals surface area contributed by atoms with Gasteiger partial charge in [0.05, 0.1) is 13.2 Å². The summed E-state index contributed by atoms with van der Waals surface area (Å²) in [5, 5.41) is 0. The number of hydrogen-bond donors (Lipinski definition) is 2. The molecule has 0 saturated carbocycles. The van der Waals surface area contributed by atoms with Crippen LogP contribution in [0.5, 0.6) is 0 Å². The molecule has 0 aliphatic heterocycles. The number of unbranched alkanes of at least 4 members (excludes halogenated alkanes) is 22. The third-order valence-corrected chi connectivity index (χ3v) is 10.7. The number of phosphoric ester groups is 1. The highest BCUT2D eigenvalue weighted by atomic mass is 31.2. The number of nitrogens with two attached hydrogens (primary N) is 1. The fourth-order valence-electron chi connectivity index (χ4n) is 6.27. The van der Waals surface area contributed by atoms with E-state index in [1.165, 1.54) is 109 Å². The molecule has 1 unspecified atom stereocenters. The average molecular weight is 824 g/mol. The van der Waals surface area contributed by atoms with Gasteiger partial charge in [0.15, 0.2) is 6.10 Å². The molecule has 0 aromatic heterocycles. The summed E-state index contributed by atoms with van der Waals surface area (Å²) in [6, 6.07) is 0. The standard InChI is InChI=1S/C47H86NO8P/c1-3-5-7-9-11-13-15-17-19-21-22-24-25-27-29-31-33-35-37-39-46(49)53-43-45(44-55-57(51,52)54-42-41-48)56-47(50)40-38-36-34-32-30-28-26-23-20-18-16-14-12-10-8-6-4-2/h8,10,14,16,20,23,28,30,45H,3-7,9,11-13,15,17-19,21-22,24-27,29,31-44,48H2,1-2H3,(H,51,52)/b10-8+,16-14+,23-20+,30-28+/t45-/m1/s1. The van der Waals surface area contributed by atoms with Crippen molar-refractivity contribution in [1.82, 2.24) is 0 Å². The van der Waals surface area contributed by atoms with Crippen LogP contribution in [0.15, 0.2) is 48.6 Å².